The van der Waals surface area contributed by atoms with Crippen LogP contribution in [0.2, 0.25) is 5.02 Å². The van der Waals surface area contributed by atoms with Crippen LogP contribution in [0.3, 0.4) is 0 Å². The molecule has 0 radical (unpaired) electrons. The molecule has 1 N–H and O–H groups in total. The van der Waals surface area contributed by atoms with E-state index in [4.69, 9.17) is 11.6 Å². The molecule has 41 heavy (non-hydrogen) atoms. The van der Waals surface area contributed by atoms with Gasteiger partial charge < -0.3 is 19.8 Å². The van der Waals surface area contributed by atoms with E-state index in [0.717, 1.165) is 12.0 Å². The van der Waals surface area contributed by atoms with Crippen LogP contribution in [-0.4, -0.2) is 74.4 Å². The minimum atomic E-state index is -0.994. The van der Waals surface area contributed by atoms with Crippen molar-refractivity contribution in [3.8, 4) is 0 Å². The summed E-state index contributed by atoms with van der Waals surface area (Å²) in [5.74, 6) is -1.97. The molecule has 2 saturated heterocycles. The van der Waals surface area contributed by atoms with E-state index in [-0.39, 0.29) is 24.3 Å². The van der Waals surface area contributed by atoms with Crippen molar-refractivity contribution in [2.45, 2.75) is 41.8 Å². The highest BCUT2D eigenvalue weighted by atomic mass is 35.5. The van der Waals surface area contributed by atoms with Crippen LogP contribution in [0.15, 0.2) is 78.9 Å². The van der Waals surface area contributed by atoms with Gasteiger partial charge in [0.15, 0.2) is 0 Å². The Kier molecular flexibility index (Phi) is 7.29. The van der Waals surface area contributed by atoms with Crippen molar-refractivity contribution in [2.75, 3.05) is 31.1 Å². The highest BCUT2D eigenvalue weighted by Gasteiger charge is 2.74. The predicted octanol–water partition coefficient (Wildman–Crippen LogP) is 4.47. The Bertz CT molecular complexity index is 1420. The molecular formula is C32H34ClN3O4S. The topological polar surface area (TPSA) is 81.2 Å². The van der Waals surface area contributed by atoms with E-state index in [1.54, 1.807) is 45.8 Å². The molecule has 4 aliphatic heterocycles. The molecule has 0 aliphatic carbocycles. The zero-order chi connectivity index (χ0) is 28.9. The van der Waals surface area contributed by atoms with Gasteiger partial charge in [-0.3, -0.25) is 14.4 Å². The average Bonchev–Trinajstić information content (AvgIpc) is 3.24. The average molecular weight is 592 g/mol. The lowest BCUT2D eigenvalue weighted by Gasteiger charge is -2.40. The molecule has 0 aromatic heterocycles. The number of fused-ring (bicyclic) bond motifs is 2. The molecule has 1 unspecified atom stereocenters. The summed E-state index contributed by atoms with van der Waals surface area (Å²) in [5.41, 5.74) is 1.41. The largest absolute Gasteiger partial charge is 0.394 e. The van der Waals surface area contributed by atoms with Crippen molar-refractivity contribution in [1.82, 2.24) is 9.80 Å². The van der Waals surface area contributed by atoms with Gasteiger partial charge in [0.25, 0.3) is 5.91 Å². The lowest BCUT2D eigenvalue weighted by molar-refractivity contribution is -0.145. The Morgan fingerprint density at radius 2 is 1.66 bits per heavy atom. The molecule has 6 atom stereocenters. The van der Waals surface area contributed by atoms with E-state index in [1.807, 2.05) is 67.3 Å². The zero-order valence-electron chi connectivity index (χ0n) is 23.2. The monoisotopic (exact) mass is 591 g/mol. The molecule has 1 spiro atoms. The van der Waals surface area contributed by atoms with Crippen LogP contribution in [0.1, 0.15) is 31.9 Å². The normalized spacial score (nSPS) is 31.6. The maximum absolute atomic E-state index is 14.8. The molecule has 6 rings (SSSR count). The van der Waals surface area contributed by atoms with Gasteiger partial charge in [0.05, 0.1) is 29.2 Å². The smallest absolute Gasteiger partial charge is 0.251 e. The van der Waals surface area contributed by atoms with Crippen molar-refractivity contribution < 1.29 is 19.5 Å². The molecule has 0 saturated carbocycles. The summed E-state index contributed by atoms with van der Waals surface area (Å²) < 4.78 is -1.67. The first-order chi connectivity index (χ1) is 19.8. The Labute approximate surface area is 249 Å². The van der Waals surface area contributed by atoms with Gasteiger partial charge in [-0.05, 0) is 43.2 Å². The molecule has 7 nitrogen and oxygen atoms in total. The first kappa shape index (κ1) is 28.1. The number of likely N-dealkylation sites (tertiary alicyclic amines) is 1. The number of anilines is 1. The fourth-order valence-electron chi connectivity index (χ4n) is 7.20. The van der Waals surface area contributed by atoms with Crippen molar-refractivity contribution in [1.29, 1.82) is 0 Å². The first-order valence-electron chi connectivity index (χ1n) is 14.1. The minimum Gasteiger partial charge on any atom is -0.394 e. The van der Waals surface area contributed by atoms with E-state index in [0.29, 0.717) is 30.3 Å². The summed E-state index contributed by atoms with van der Waals surface area (Å²) in [6, 6.07) is 14.7. The maximum Gasteiger partial charge on any atom is 0.251 e. The molecule has 4 heterocycles. The Morgan fingerprint density at radius 1 is 0.951 bits per heavy atom. The molecule has 0 bridgehead atoms. The van der Waals surface area contributed by atoms with E-state index >= 15 is 0 Å². The maximum atomic E-state index is 14.8. The van der Waals surface area contributed by atoms with Crippen molar-refractivity contribution in [2.24, 2.45) is 11.8 Å². The highest BCUT2D eigenvalue weighted by molar-refractivity contribution is 8.02. The summed E-state index contributed by atoms with van der Waals surface area (Å²) in [7, 11) is 0. The minimum absolute atomic E-state index is 0.0532. The number of hydrogen-bond acceptors (Lipinski definition) is 5. The lowest BCUT2D eigenvalue weighted by atomic mass is 9.74. The third-order valence-electron chi connectivity index (χ3n) is 8.90. The highest BCUT2D eigenvalue weighted by Crippen LogP contribution is 2.66. The van der Waals surface area contributed by atoms with Gasteiger partial charge in [-0.25, -0.2) is 0 Å². The zero-order valence-corrected chi connectivity index (χ0v) is 24.7. The Balaban J connectivity index is 1.53. The summed E-state index contributed by atoms with van der Waals surface area (Å²) in [6.07, 6.45) is 8.86. The summed E-state index contributed by atoms with van der Waals surface area (Å²) in [4.78, 5) is 48.8. The van der Waals surface area contributed by atoms with Gasteiger partial charge in [0, 0.05) is 35.1 Å². The van der Waals surface area contributed by atoms with E-state index < -0.39 is 33.4 Å². The molecule has 4 aliphatic rings. The summed E-state index contributed by atoms with van der Waals surface area (Å²) >= 11 is 7.70. The van der Waals surface area contributed by atoms with Gasteiger partial charge in [0.2, 0.25) is 11.8 Å². The predicted molar refractivity (Wildman–Crippen MR) is 162 cm³/mol. The lowest BCUT2D eigenvalue weighted by Crippen LogP contribution is -2.54. The van der Waals surface area contributed by atoms with Gasteiger partial charge >= 0.3 is 0 Å². The third-order valence-corrected chi connectivity index (χ3v) is 11.0. The van der Waals surface area contributed by atoms with Crippen LogP contribution < -0.4 is 4.90 Å². The quantitative estimate of drug-likeness (QED) is 0.501. The van der Waals surface area contributed by atoms with Crippen LogP contribution >= 0.6 is 23.4 Å². The number of hydrogen-bond donors (Lipinski definition) is 1. The second-order valence-corrected chi connectivity index (χ2v) is 13.6. The third kappa shape index (κ3) is 4.34. The number of halogens is 1. The summed E-state index contributed by atoms with van der Waals surface area (Å²) in [5, 5.41) is 11.3. The van der Waals surface area contributed by atoms with E-state index in [1.165, 1.54) is 0 Å². The van der Waals surface area contributed by atoms with Crippen LogP contribution in [0.25, 0.3) is 0 Å². The van der Waals surface area contributed by atoms with E-state index in [9.17, 15) is 19.5 Å². The number of nitrogens with zero attached hydrogens (tertiary/aromatic N) is 3. The number of amides is 3. The Hall–Kier alpha value is -3.07. The van der Waals surface area contributed by atoms with Crippen LogP contribution in [0.5, 0.6) is 0 Å². The van der Waals surface area contributed by atoms with Gasteiger partial charge in [-0.1, -0.05) is 73.2 Å². The Morgan fingerprint density at radius 3 is 2.34 bits per heavy atom. The van der Waals surface area contributed by atoms with Crippen molar-refractivity contribution in [3.05, 3.63) is 89.5 Å². The van der Waals surface area contributed by atoms with Crippen molar-refractivity contribution >= 4 is 46.8 Å². The molecule has 2 aromatic carbocycles. The number of aliphatic hydroxyl groups is 1. The number of rotatable bonds is 6. The van der Waals surface area contributed by atoms with Crippen LogP contribution in [-0.2, 0) is 14.4 Å². The number of carbonyl (C=O) groups excluding carboxylic acids is 3. The summed E-state index contributed by atoms with van der Waals surface area (Å²) in [6.45, 7) is 5.13. The van der Waals surface area contributed by atoms with Crippen molar-refractivity contribution in [3.63, 3.8) is 0 Å². The molecule has 9 heteroatoms. The second-order valence-electron chi connectivity index (χ2n) is 11.4. The molecule has 2 fully saturated rings. The SMILES string of the molecule is CCCN1CC=C[C@@]2(C)S[C@]34C=CCN(c5ccc(Cl)cc5)C(=O)C3N([C@H](CO)c3ccccc3)C(=O)[C@@H]4[C@H]2C1=O. The second kappa shape index (κ2) is 10.6. The van der Waals surface area contributed by atoms with Gasteiger partial charge in [-0.2, -0.15) is 0 Å². The number of aliphatic hydroxyl groups excluding tert-OH is 1. The molecule has 3 amide bonds. The fraction of sp³-hybridized carbons (Fsp3) is 0.406. The van der Waals surface area contributed by atoms with Gasteiger partial charge in [0.1, 0.15) is 6.04 Å². The van der Waals surface area contributed by atoms with Crippen LogP contribution in [0.4, 0.5) is 5.69 Å². The number of thioether (sulfide) groups is 1. The molecule has 2 aromatic rings. The van der Waals surface area contributed by atoms with E-state index in [2.05, 4.69) is 6.08 Å². The fourth-order valence-corrected chi connectivity index (χ4v) is 9.47. The number of carbonyl (C=O) groups is 3. The standard InChI is InChI=1S/C32H34ClN3O4S/c1-3-17-34-18-7-15-31(2)25(28(34)38)26-29(39)36(24(20-37)21-9-5-4-6-10-21)27-30(40)35(19-8-16-32(26,27)41-31)23-13-11-22(33)12-14-23/h4-16,24-27,37H,3,17-20H2,1-2H3/t24-,25+,26+,27?,31-,32+/m1/s1. The van der Waals surface area contributed by atoms with Crippen LogP contribution in [0, 0.1) is 11.8 Å². The molecular weight excluding hydrogens is 558 g/mol. The first-order valence-corrected chi connectivity index (χ1v) is 15.3. The molecule has 214 valence electrons. The van der Waals surface area contributed by atoms with Gasteiger partial charge in [-0.15, -0.1) is 11.8 Å². The number of benzene rings is 2.